The van der Waals surface area contributed by atoms with Crippen molar-refractivity contribution in [1.82, 2.24) is 0 Å². The average molecular weight is 132 g/mol. The predicted molar refractivity (Wildman–Crippen MR) is 37.8 cm³/mol. The molecule has 4 nitrogen and oxygen atoms in total. The fourth-order valence-corrected chi connectivity index (χ4v) is 0.295. The van der Waals surface area contributed by atoms with Crippen molar-refractivity contribution in [2.75, 3.05) is 6.26 Å². The van der Waals surface area contributed by atoms with E-state index in [1.807, 2.05) is 6.26 Å². The lowest BCUT2D eigenvalue weighted by Crippen LogP contribution is -2.05. The molecule has 8 heavy (non-hydrogen) atoms. The van der Waals surface area contributed by atoms with E-state index in [-0.39, 0.29) is 0 Å². The molecule has 0 aliphatic carbocycles. The minimum atomic E-state index is 0.458. The second-order valence-electron chi connectivity index (χ2n) is 0.936. The molecule has 0 saturated carbocycles. The summed E-state index contributed by atoms with van der Waals surface area (Å²) in [5, 5.41) is 3.58. The predicted octanol–water partition coefficient (Wildman–Crippen LogP) is -0.434. The first-order valence-corrected chi connectivity index (χ1v) is 3.12. The van der Waals surface area contributed by atoms with Crippen LogP contribution in [-0.4, -0.2) is 17.8 Å². The van der Waals surface area contributed by atoms with Gasteiger partial charge in [0.05, 0.1) is 0 Å². The van der Waals surface area contributed by atoms with Gasteiger partial charge in [0.1, 0.15) is 6.34 Å². The summed E-state index contributed by atoms with van der Waals surface area (Å²) in [5.41, 5.74) is 5.23. The van der Waals surface area contributed by atoms with Gasteiger partial charge in [-0.3, -0.25) is 0 Å². The Bertz CT molecular complexity index is 108. The van der Waals surface area contributed by atoms with Gasteiger partial charge in [-0.05, 0) is 6.26 Å². The summed E-state index contributed by atoms with van der Waals surface area (Å²) in [6.45, 7) is 0. The standard InChI is InChI=1S/C3H8N4S/c1-8-3(4)6-2-7-5/h2H,5H2,1H3,(H2,4,6,7). The Hall–Kier alpha value is -0.710. The fraction of sp³-hybridized carbons (Fsp3) is 0.333. The average Bonchev–Trinajstić information content (AvgIpc) is 1.83. The summed E-state index contributed by atoms with van der Waals surface area (Å²) in [6, 6.07) is 0. The van der Waals surface area contributed by atoms with Gasteiger partial charge in [0, 0.05) is 0 Å². The fourth-order valence-electron chi connectivity index (χ4n) is 0.143. The van der Waals surface area contributed by atoms with E-state index in [1.165, 1.54) is 18.1 Å². The van der Waals surface area contributed by atoms with Crippen molar-refractivity contribution >= 4 is 23.3 Å². The summed E-state index contributed by atoms with van der Waals surface area (Å²) in [4.78, 5) is 3.60. The largest absolute Gasteiger partial charge is 0.378 e. The topological polar surface area (TPSA) is 76.8 Å². The smallest absolute Gasteiger partial charge is 0.160 e. The van der Waals surface area contributed by atoms with Crippen LogP contribution in [0.2, 0.25) is 0 Å². The number of thioether (sulfide) groups is 1. The van der Waals surface area contributed by atoms with Crippen molar-refractivity contribution < 1.29 is 0 Å². The second kappa shape index (κ2) is 4.45. The molecule has 0 spiro atoms. The van der Waals surface area contributed by atoms with E-state index in [4.69, 9.17) is 11.6 Å². The number of aliphatic imine (C=N–C) groups is 1. The first-order chi connectivity index (χ1) is 3.81. The molecule has 0 unspecified atom stereocenters. The Morgan fingerprint density at radius 3 is 2.75 bits per heavy atom. The Balaban J connectivity index is 3.57. The molecule has 0 atom stereocenters. The molecule has 0 radical (unpaired) electrons. The number of rotatable bonds is 1. The molecular weight excluding hydrogens is 124 g/mol. The molecule has 0 heterocycles. The Morgan fingerprint density at radius 2 is 2.38 bits per heavy atom. The molecule has 0 aromatic heterocycles. The zero-order valence-corrected chi connectivity index (χ0v) is 5.35. The van der Waals surface area contributed by atoms with Crippen LogP contribution in [0.1, 0.15) is 0 Å². The van der Waals surface area contributed by atoms with Gasteiger partial charge in [0.2, 0.25) is 0 Å². The maximum Gasteiger partial charge on any atom is 0.160 e. The van der Waals surface area contributed by atoms with Gasteiger partial charge < -0.3 is 11.6 Å². The highest BCUT2D eigenvalue weighted by molar-refractivity contribution is 8.13. The molecule has 0 amide bonds. The first-order valence-electron chi connectivity index (χ1n) is 1.90. The number of nitrogens with two attached hydrogens (primary N) is 2. The van der Waals surface area contributed by atoms with E-state index < -0.39 is 0 Å². The van der Waals surface area contributed by atoms with Crippen molar-refractivity contribution in [3.8, 4) is 0 Å². The quantitative estimate of drug-likeness (QED) is 0.220. The van der Waals surface area contributed by atoms with Crippen LogP contribution in [0.15, 0.2) is 10.1 Å². The van der Waals surface area contributed by atoms with Gasteiger partial charge in [0.25, 0.3) is 0 Å². The summed E-state index contributed by atoms with van der Waals surface area (Å²) in [5.74, 6) is 4.73. The van der Waals surface area contributed by atoms with E-state index in [0.717, 1.165) is 0 Å². The van der Waals surface area contributed by atoms with Gasteiger partial charge >= 0.3 is 0 Å². The van der Waals surface area contributed by atoms with E-state index in [2.05, 4.69) is 10.1 Å². The van der Waals surface area contributed by atoms with Crippen LogP contribution >= 0.6 is 11.8 Å². The van der Waals surface area contributed by atoms with Crippen LogP contribution in [0.3, 0.4) is 0 Å². The van der Waals surface area contributed by atoms with Crippen molar-refractivity contribution in [3.63, 3.8) is 0 Å². The van der Waals surface area contributed by atoms with Crippen LogP contribution in [0.4, 0.5) is 0 Å². The third-order valence-electron chi connectivity index (χ3n) is 0.461. The molecule has 0 aromatic carbocycles. The summed E-state index contributed by atoms with van der Waals surface area (Å²) in [7, 11) is 0. The lowest BCUT2D eigenvalue weighted by molar-refractivity contribution is 1.25. The summed E-state index contributed by atoms with van der Waals surface area (Å²) >= 11 is 1.35. The SMILES string of the molecule is CSC(N)=N/C=N/N. The third kappa shape index (κ3) is 3.48. The van der Waals surface area contributed by atoms with Gasteiger partial charge in [-0.15, -0.1) is 0 Å². The van der Waals surface area contributed by atoms with Crippen LogP contribution in [0, 0.1) is 0 Å². The second-order valence-corrected chi connectivity index (χ2v) is 1.76. The highest BCUT2D eigenvalue weighted by Crippen LogP contribution is 1.87. The molecule has 46 valence electrons. The zero-order chi connectivity index (χ0) is 6.41. The highest BCUT2D eigenvalue weighted by Gasteiger charge is 1.79. The third-order valence-corrected chi connectivity index (χ3v) is 0.984. The summed E-state index contributed by atoms with van der Waals surface area (Å²) in [6.07, 6.45) is 3.02. The maximum atomic E-state index is 5.23. The van der Waals surface area contributed by atoms with Gasteiger partial charge in [-0.25, -0.2) is 4.99 Å². The van der Waals surface area contributed by atoms with Gasteiger partial charge in [-0.2, -0.15) is 5.10 Å². The molecular formula is C3H8N4S. The zero-order valence-electron chi connectivity index (χ0n) is 4.53. The van der Waals surface area contributed by atoms with Crippen LogP contribution < -0.4 is 11.6 Å². The summed E-state index contributed by atoms with van der Waals surface area (Å²) < 4.78 is 0. The Labute approximate surface area is 52.0 Å². The van der Waals surface area contributed by atoms with Crippen molar-refractivity contribution in [1.29, 1.82) is 0 Å². The van der Waals surface area contributed by atoms with Crippen LogP contribution in [0.25, 0.3) is 0 Å². The van der Waals surface area contributed by atoms with Crippen molar-refractivity contribution in [2.24, 2.45) is 21.7 Å². The molecule has 0 bridgehead atoms. The molecule has 0 aliphatic heterocycles. The van der Waals surface area contributed by atoms with E-state index in [0.29, 0.717) is 5.17 Å². The molecule has 4 N–H and O–H groups in total. The van der Waals surface area contributed by atoms with E-state index >= 15 is 0 Å². The molecule has 0 saturated heterocycles. The lowest BCUT2D eigenvalue weighted by Gasteiger charge is -1.85. The van der Waals surface area contributed by atoms with E-state index in [9.17, 15) is 0 Å². The monoisotopic (exact) mass is 132 g/mol. The molecule has 5 heteroatoms. The molecule has 0 aromatic rings. The minimum absolute atomic E-state index is 0.458. The van der Waals surface area contributed by atoms with Crippen LogP contribution in [-0.2, 0) is 0 Å². The Morgan fingerprint density at radius 1 is 1.75 bits per heavy atom. The highest BCUT2D eigenvalue weighted by atomic mass is 32.2. The van der Waals surface area contributed by atoms with Crippen LogP contribution in [0.5, 0.6) is 0 Å². The number of hydrogen-bond acceptors (Lipinski definition) is 3. The van der Waals surface area contributed by atoms with Gasteiger partial charge in [0.15, 0.2) is 5.17 Å². The Kier molecular flexibility index (Phi) is 4.05. The molecule has 0 fully saturated rings. The number of amidine groups is 1. The molecule has 0 rings (SSSR count). The maximum absolute atomic E-state index is 5.23. The normalized spacial score (nSPS) is 12.9. The number of hydrogen-bond donors (Lipinski definition) is 2. The van der Waals surface area contributed by atoms with Crippen molar-refractivity contribution in [3.05, 3.63) is 0 Å². The number of hydrazone groups is 1. The number of nitrogens with zero attached hydrogens (tertiary/aromatic N) is 2. The first kappa shape index (κ1) is 7.29. The van der Waals surface area contributed by atoms with Gasteiger partial charge in [-0.1, -0.05) is 11.8 Å². The van der Waals surface area contributed by atoms with E-state index in [1.54, 1.807) is 0 Å². The molecule has 0 aliphatic rings. The lowest BCUT2D eigenvalue weighted by atomic mass is 11.2. The minimum Gasteiger partial charge on any atom is -0.378 e. The van der Waals surface area contributed by atoms with Crippen molar-refractivity contribution in [2.45, 2.75) is 0 Å².